The van der Waals surface area contributed by atoms with Crippen molar-refractivity contribution in [3.05, 3.63) is 56.4 Å². The van der Waals surface area contributed by atoms with Crippen molar-refractivity contribution in [2.24, 2.45) is 0 Å². The molecular weight excluding hydrogens is 707 g/mol. The average molecular weight is 745 g/mol. The first kappa shape index (κ1) is 32.8. The van der Waals surface area contributed by atoms with E-state index in [2.05, 4.69) is 70.2 Å². The minimum Gasteiger partial charge on any atom is -0.496 e. The number of benzene rings is 1. The highest BCUT2D eigenvalue weighted by Crippen LogP contribution is 2.39. The number of carbonyl (C=O) groups is 2. The number of methoxy groups -OCH3 is 2. The summed E-state index contributed by atoms with van der Waals surface area (Å²) in [5.74, 6) is 1.79. The summed E-state index contributed by atoms with van der Waals surface area (Å²) in [6.07, 6.45) is 3.85. The van der Waals surface area contributed by atoms with Crippen molar-refractivity contribution in [2.45, 2.75) is 20.3 Å². The van der Waals surface area contributed by atoms with Gasteiger partial charge in [-0.25, -0.2) is 15.0 Å². The highest BCUT2D eigenvalue weighted by Gasteiger charge is 2.22. The first-order valence-corrected chi connectivity index (χ1v) is 16.7. The number of hydrogen-bond donors (Lipinski definition) is 3. The molecule has 3 aromatic heterocycles. The molecule has 14 heteroatoms. The molecule has 1 aliphatic rings. The molecule has 3 N–H and O–H groups in total. The number of anilines is 3. The molecule has 45 heavy (non-hydrogen) atoms. The number of piperazine rings is 1. The fraction of sp³-hybridized carbons (Fsp3) is 0.387. The molecule has 0 radical (unpaired) electrons. The Bertz CT molecular complexity index is 1630. The van der Waals surface area contributed by atoms with Crippen LogP contribution in [0.2, 0.25) is 0 Å². The number of nitrogens with one attached hydrogen (secondary N) is 3. The van der Waals surface area contributed by atoms with Crippen LogP contribution in [0.3, 0.4) is 0 Å². The number of hydrogen-bond acceptors (Lipinski definition) is 11. The minimum atomic E-state index is -0.310. The van der Waals surface area contributed by atoms with E-state index in [0.717, 1.165) is 54.8 Å². The van der Waals surface area contributed by atoms with Crippen LogP contribution in [0, 0.1) is 10.5 Å². The number of thiophene rings is 1. The van der Waals surface area contributed by atoms with E-state index < -0.39 is 0 Å². The highest BCUT2D eigenvalue weighted by atomic mass is 127. The number of aromatic nitrogens is 3. The molecule has 1 fully saturated rings. The Labute approximate surface area is 280 Å². The lowest BCUT2D eigenvalue weighted by atomic mass is 10.1. The Morgan fingerprint density at radius 1 is 1.02 bits per heavy atom. The second-order valence-electron chi connectivity index (χ2n) is 10.5. The normalized spacial score (nSPS) is 13.9. The first-order chi connectivity index (χ1) is 21.8. The predicted molar refractivity (Wildman–Crippen MR) is 185 cm³/mol. The van der Waals surface area contributed by atoms with Crippen molar-refractivity contribution in [2.75, 3.05) is 70.7 Å². The van der Waals surface area contributed by atoms with Gasteiger partial charge in [-0.1, -0.05) is 6.92 Å². The number of halogens is 1. The van der Waals surface area contributed by atoms with Crippen molar-refractivity contribution in [1.82, 2.24) is 30.1 Å². The molecule has 0 spiro atoms. The van der Waals surface area contributed by atoms with E-state index in [0.29, 0.717) is 56.7 Å². The fourth-order valence-corrected chi connectivity index (χ4v) is 7.01. The topological polar surface area (TPSA) is 134 Å². The summed E-state index contributed by atoms with van der Waals surface area (Å²) >= 11 is 3.50. The number of pyridine rings is 1. The Hall–Kier alpha value is -3.60. The summed E-state index contributed by atoms with van der Waals surface area (Å²) in [5.41, 5.74) is 2.82. The zero-order valence-corrected chi connectivity index (χ0v) is 28.8. The van der Waals surface area contributed by atoms with E-state index in [-0.39, 0.29) is 11.8 Å². The lowest BCUT2D eigenvalue weighted by Crippen LogP contribution is -2.46. The van der Waals surface area contributed by atoms with E-state index in [4.69, 9.17) is 9.47 Å². The SMILES string of the molecule is CCN1CCN(CCCNC(=O)c2ccc(Nc3ncnc4c(C(=O)Nc5c(C)c(OC)cc(OC)c5I)csc34)nc2)CC1. The number of carbonyl (C=O) groups excluding carboxylic acids is 2. The number of fused-ring (bicyclic) bond motifs is 1. The van der Waals surface area contributed by atoms with Crippen LogP contribution in [0.5, 0.6) is 11.5 Å². The van der Waals surface area contributed by atoms with Gasteiger partial charge in [0.25, 0.3) is 11.8 Å². The van der Waals surface area contributed by atoms with Crippen LogP contribution in [0.25, 0.3) is 10.2 Å². The van der Waals surface area contributed by atoms with Crippen LogP contribution >= 0.6 is 33.9 Å². The van der Waals surface area contributed by atoms with Gasteiger partial charge < -0.3 is 35.2 Å². The molecule has 5 rings (SSSR count). The molecule has 238 valence electrons. The van der Waals surface area contributed by atoms with Gasteiger partial charge in [-0.05, 0) is 61.2 Å². The minimum absolute atomic E-state index is 0.151. The van der Waals surface area contributed by atoms with Gasteiger partial charge in [0.15, 0.2) is 5.82 Å². The molecule has 4 heterocycles. The van der Waals surface area contributed by atoms with Crippen molar-refractivity contribution in [1.29, 1.82) is 0 Å². The molecule has 1 saturated heterocycles. The third-order valence-electron chi connectivity index (χ3n) is 7.84. The lowest BCUT2D eigenvalue weighted by Gasteiger charge is -2.33. The van der Waals surface area contributed by atoms with E-state index in [9.17, 15) is 9.59 Å². The maximum Gasteiger partial charge on any atom is 0.258 e. The van der Waals surface area contributed by atoms with E-state index in [1.165, 1.54) is 17.7 Å². The number of ether oxygens (including phenoxy) is 2. The number of likely N-dealkylation sites (N-methyl/N-ethyl adjacent to an activating group) is 1. The molecule has 0 atom stereocenters. The van der Waals surface area contributed by atoms with Crippen LogP contribution in [0.15, 0.2) is 36.1 Å². The summed E-state index contributed by atoms with van der Waals surface area (Å²) in [6, 6.07) is 5.26. The number of amides is 2. The summed E-state index contributed by atoms with van der Waals surface area (Å²) in [7, 11) is 3.15. The number of nitrogens with zero attached hydrogens (tertiary/aromatic N) is 5. The monoisotopic (exact) mass is 744 g/mol. The molecule has 0 bridgehead atoms. The highest BCUT2D eigenvalue weighted by molar-refractivity contribution is 14.1. The molecule has 1 aromatic carbocycles. The zero-order valence-electron chi connectivity index (χ0n) is 25.8. The molecule has 1 aliphatic heterocycles. The van der Waals surface area contributed by atoms with Gasteiger partial charge in [0, 0.05) is 55.9 Å². The van der Waals surface area contributed by atoms with Crippen molar-refractivity contribution >= 4 is 73.3 Å². The van der Waals surface area contributed by atoms with Crippen molar-refractivity contribution < 1.29 is 19.1 Å². The van der Waals surface area contributed by atoms with Gasteiger partial charge in [0.2, 0.25) is 0 Å². The predicted octanol–water partition coefficient (Wildman–Crippen LogP) is 4.77. The van der Waals surface area contributed by atoms with Gasteiger partial charge in [-0.3, -0.25) is 9.59 Å². The number of rotatable bonds is 12. The fourth-order valence-electron chi connectivity index (χ4n) is 5.15. The summed E-state index contributed by atoms with van der Waals surface area (Å²) in [4.78, 5) is 44.2. The molecule has 0 unspecified atom stereocenters. The van der Waals surface area contributed by atoms with Crippen molar-refractivity contribution in [3.63, 3.8) is 0 Å². The van der Waals surface area contributed by atoms with Gasteiger partial charge in [0.1, 0.15) is 23.6 Å². The van der Waals surface area contributed by atoms with E-state index >= 15 is 0 Å². The van der Waals surface area contributed by atoms with E-state index in [1.807, 2.05) is 6.92 Å². The Balaban J connectivity index is 1.20. The summed E-state index contributed by atoms with van der Waals surface area (Å²) < 4.78 is 12.4. The van der Waals surface area contributed by atoms with Crippen LogP contribution in [-0.4, -0.2) is 96.6 Å². The molecule has 12 nitrogen and oxygen atoms in total. The molecule has 0 saturated carbocycles. The second kappa shape index (κ2) is 15.1. The van der Waals surface area contributed by atoms with Crippen LogP contribution in [0.4, 0.5) is 17.3 Å². The van der Waals surface area contributed by atoms with Gasteiger partial charge in [-0.15, -0.1) is 11.3 Å². The molecular formula is C31H37IN8O4S. The van der Waals surface area contributed by atoms with Crippen LogP contribution < -0.4 is 25.4 Å². The summed E-state index contributed by atoms with van der Waals surface area (Å²) in [5, 5.41) is 11.0. The van der Waals surface area contributed by atoms with Gasteiger partial charge >= 0.3 is 0 Å². The largest absolute Gasteiger partial charge is 0.496 e. The third kappa shape index (κ3) is 7.62. The lowest BCUT2D eigenvalue weighted by molar-refractivity contribution is 0.0947. The quantitative estimate of drug-likeness (QED) is 0.138. The van der Waals surface area contributed by atoms with Gasteiger partial charge in [-0.2, -0.15) is 0 Å². The third-order valence-corrected chi connectivity index (χ3v) is 9.89. The van der Waals surface area contributed by atoms with E-state index in [1.54, 1.807) is 44.0 Å². The molecule has 0 aliphatic carbocycles. The van der Waals surface area contributed by atoms with Gasteiger partial charge in [0.05, 0.1) is 44.8 Å². The molecule has 4 aromatic rings. The van der Waals surface area contributed by atoms with Crippen molar-refractivity contribution in [3.8, 4) is 11.5 Å². The maximum atomic E-state index is 13.4. The van der Waals surface area contributed by atoms with Crippen LogP contribution in [0.1, 0.15) is 39.6 Å². The Morgan fingerprint density at radius 3 is 2.47 bits per heavy atom. The first-order valence-electron chi connectivity index (χ1n) is 14.7. The Morgan fingerprint density at radius 2 is 1.78 bits per heavy atom. The zero-order chi connectivity index (χ0) is 31.9. The standard InChI is InChI=1S/C31H37IN8O4S/c1-5-39-11-13-40(14-12-39)10-6-9-33-30(41)20-7-8-24(34-16-20)37-29-28-27(35-18-36-29)21(17-45-28)31(42)38-26-19(2)22(43-3)15-23(44-4)25(26)32/h7-8,15-18H,5-6,9-14H2,1-4H3,(H,33,41)(H,38,42)(H,34,35,36,37). The maximum absolute atomic E-state index is 13.4. The Kier molecular flexibility index (Phi) is 11.0. The summed E-state index contributed by atoms with van der Waals surface area (Å²) in [6.45, 7) is 11.2. The smallest absolute Gasteiger partial charge is 0.258 e. The second-order valence-corrected chi connectivity index (χ2v) is 12.5. The molecule has 2 amide bonds. The average Bonchev–Trinajstić information content (AvgIpc) is 3.51. The van der Waals surface area contributed by atoms with Crippen LogP contribution in [-0.2, 0) is 0 Å².